The Balaban J connectivity index is 0. The Morgan fingerprint density at radius 3 is 1.36 bits per heavy atom. The maximum Gasteiger partial charge on any atom is 0.194 e. The highest BCUT2D eigenvalue weighted by Gasteiger charge is 2.09. The van der Waals surface area contributed by atoms with Crippen LogP contribution in [0, 0.1) is 23.3 Å². The molecule has 2 nitrogen and oxygen atoms in total. The maximum atomic E-state index is 12.0. The molecule has 0 heterocycles. The molecule has 1 aromatic rings. The molecule has 0 radical (unpaired) electrons. The van der Waals surface area contributed by atoms with Crippen molar-refractivity contribution in [1.82, 2.24) is 0 Å². The molecular weight excluding hydrogens is 204 g/mol. The van der Waals surface area contributed by atoms with Crippen molar-refractivity contribution in [1.29, 1.82) is 0 Å². The Morgan fingerprint density at radius 1 is 0.786 bits per heavy atom. The molecule has 6 heteroatoms. The second kappa shape index (κ2) is 8.46. The topological polar surface area (TPSA) is 40.5 Å². The van der Waals surface area contributed by atoms with Crippen molar-refractivity contribution >= 4 is 0 Å². The lowest BCUT2D eigenvalue weighted by Crippen LogP contribution is -1.91. The van der Waals surface area contributed by atoms with Crippen molar-refractivity contribution in [3.8, 4) is 0 Å². The van der Waals surface area contributed by atoms with Gasteiger partial charge < -0.3 is 10.2 Å². The Morgan fingerprint density at radius 2 is 1.07 bits per heavy atom. The van der Waals surface area contributed by atoms with E-state index in [0.29, 0.717) is 0 Å². The van der Waals surface area contributed by atoms with Crippen molar-refractivity contribution in [2.24, 2.45) is 0 Å². The molecule has 0 spiro atoms. The van der Waals surface area contributed by atoms with Gasteiger partial charge in [-0.25, -0.2) is 17.6 Å². The minimum absolute atomic E-state index is 0.276. The summed E-state index contributed by atoms with van der Waals surface area (Å²) in [7, 11) is 2.00. The average Bonchev–Trinajstić information content (AvgIpc) is 2.20. The lowest BCUT2D eigenvalue weighted by Gasteiger charge is -1.92. The van der Waals surface area contributed by atoms with Gasteiger partial charge in [0.2, 0.25) is 0 Å². The lowest BCUT2D eigenvalue weighted by molar-refractivity contribution is 0.399. The SMILES string of the molecule is CO.CO.Fc1cc(F)c(F)c(F)c1. The first-order valence-corrected chi connectivity index (χ1v) is 3.31. The van der Waals surface area contributed by atoms with Gasteiger partial charge in [0.1, 0.15) is 5.82 Å². The highest BCUT2D eigenvalue weighted by molar-refractivity contribution is 5.10. The first-order valence-electron chi connectivity index (χ1n) is 3.31. The summed E-state index contributed by atoms with van der Waals surface area (Å²) in [5.74, 6) is -5.81. The highest BCUT2D eigenvalue weighted by Crippen LogP contribution is 2.11. The summed E-state index contributed by atoms with van der Waals surface area (Å²) in [5.41, 5.74) is 0. The summed E-state index contributed by atoms with van der Waals surface area (Å²) in [6, 6.07) is 0.552. The van der Waals surface area contributed by atoms with E-state index in [9.17, 15) is 17.6 Å². The molecule has 0 amide bonds. The second-order valence-electron chi connectivity index (χ2n) is 1.68. The molecule has 0 aliphatic carbocycles. The fraction of sp³-hybridized carbons (Fsp3) is 0.250. The van der Waals surface area contributed by atoms with E-state index in [2.05, 4.69) is 0 Å². The third-order valence-electron chi connectivity index (χ3n) is 0.949. The number of halogens is 4. The highest BCUT2D eigenvalue weighted by atomic mass is 19.2. The zero-order valence-electron chi connectivity index (χ0n) is 7.56. The molecule has 0 fully saturated rings. The molecule has 1 aromatic carbocycles. The molecule has 0 aromatic heterocycles. The molecule has 0 unspecified atom stereocenters. The van der Waals surface area contributed by atoms with E-state index in [-0.39, 0.29) is 12.1 Å². The molecule has 14 heavy (non-hydrogen) atoms. The molecule has 82 valence electrons. The van der Waals surface area contributed by atoms with Crippen LogP contribution in [0.4, 0.5) is 17.6 Å². The molecule has 0 atom stereocenters. The molecule has 0 aliphatic heterocycles. The lowest BCUT2D eigenvalue weighted by atomic mass is 10.3. The van der Waals surface area contributed by atoms with E-state index in [1.165, 1.54) is 0 Å². The van der Waals surface area contributed by atoms with Gasteiger partial charge in [-0.15, -0.1) is 0 Å². The van der Waals surface area contributed by atoms with Crippen molar-refractivity contribution < 1.29 is 27.8 Å². The van der Waals surface area contributed by atoms with E-state index in [1.807, 2.05) is 0 Å². The van der Waals surface area contributed by atoms with Crippen molar-refractivity contribution in [3.63, 3.8) is 0 Å². The molecule has 0 bridgehead atoms. The number of rotatable bonds is 0. The van der Waals surface area contributed by atoms with Gasteiger partial charge in [0.25, 0.3) is 0 Å². The van der Waals surface area contributed by atoms with Crippen LogP contribution in [-0.4, -0.2) is 24.4 Å². The first kappa shape index (κ1) is 15.3. The molecular formula is C8H10F4O2. The van der Waals surface area contributed by atoms with Crippen LogP contribution < -0.4 is 0 Å². The molecule has 1 rings (SSSR count). The van der Waals surface area contributed by atoms with Gasteiger partial charge in [-0.3, -0.25) is 0 Å². The molecule has 0 saturated carbocycles. The van der Waals surface area contributed by atoms with Crippen molar-refractivity contribution in [2.45, 2.75) is 0 Å². The van der Waals surface area contributed by atoms with Crippen LogP contribution in [0.3, 0.4) is 0 Å². The normalized spacial score (nSPS) is 8.00. The minimum atomic E-state index is -1.65. The van der Waals surface area contributed by atoms with Crippen LogP contribution in [0.1, 0.15) is 0 Å². The number of aliphatic hydroxyl groups is 2. The summed E-state index contributed by atoms with van der Waals surface area (Å²) in [6.45, 7) is 0. The van der Waals surface area contributed by atoms with Crippen LogP contribution in [0.5, 0.6) is 0 Å². The summed E-state index contributed by atoms with van der Waals surface area (Å²) in [4.78, 5) is 0. The van der Waals surface area contributed by atoms with E-state index in [1.54, 1.807) is 0 Å². The van der Waals surface area contributed by atoms with Crippen LogP contribution in [0.25, 0.3) is 0 Å². The van der Waals surface area contributed by atoms with Gasteiger partial charge >= 0.3 is 0 Å². The third kappa shape index (κ3) is 4.78. The van der Waals surface area contributed by atoms with Crippen LogP contribution in [-0.2, 0) is 0 Å². The molecule has 0 aliphatic rings. The van der Waals surface area contributed by atoms with Gasteiger partial charge in [-0.05, 0) is 0 Å². The second-order valence-corrected chi connectivity index (χ2v) is 1.68. The summed E-state index contributed by atoms with van der Waals surface area (Å²) in [5, 5.41) is 14.0. The van der Waals surface area contributed by atoms with Gasteiger partial charge in [0.15, 0.2) is 17.5 Å². The van der Waals surface area contributed by atoms with Crippen LogP contribution in [0.2, 0.25) is 0 Å². The Bertz CT molecular complexity index is 243. The largest absolute Gasteiger partial charge is 0.400 e. The van der Waals surface area contributed by atoms with E-state index >= 15 is 0 Å². The first-order chi connectivity index (χ1) is 6.61. The smallest absolute Gasteiger partial charge is 0.194 e. The van der Waals surface area contributed by atoms with E-state index < -0.39 is 23.3 Å². The number of aliphatic hydroxyl groups excluding tert-OH is 2. The number of benzene rings is 1. The average molecular weight is 214 g/mol. The number of hydrogen-bond acceptors (Lipinski definition) is 2. The van der Waals surface area contributed by atoms with Crippen molar-refractivity contribution in [3.05, 3.63) is 35.4 Å². The van der Waals surface area contributed by atoms with Crippen LogP contribution in [0.15, 0.2) is 12.1 Å². The standard InChI is InChI=1S/C6H2F4.2CH4O/c7-3-1-4(8)6(10)5(9)2-3;2*1-2/h1-2H;2*2H,1H3. The fourth-order valence-electron chi connectivity index (χ4n) is 0.525. The van der Waals surface area contributed by atoms with E-state index in [0.717, 1.165) is 14.2 Å². The Labute approximate surface area is 78.4 Å². The third-order valence-corrected chi connectivity index (χ3v) is 0.949. The van der Waals surface area contributed by atoms with Crippen molar-refractivity contribution in [2.75, 3.05) is 14.2 Å². The Hall–Kier alpha value is -1.14. The van der Waals surface area contributed by atoms with Crippen LogP contribution >= 0.6 is 0 Å². The van der Waals surface area contributed by atoms with Gasteiger partial charge in [0, 0.05) is 26.4 Å². The summed E-state index contributed by atoms with van der Waals surface area (Å²) >= 11 is 0. The maximum absolute atomic E-state index is 12.0. The van der Waals surface area contributed by atoms with Gasteiger partial charge in [-0.1, -0.05) is 0 Å². The predicted molar refractivity (Wildman–Crippen MR) is 42.6 cm³/mol. The molecule has 0 saturated heterocycles. The Kier molecular flexibility index (Phi) is 9.27. The fourth-order valence-corrected chi connectivity index (χ4v) is 0.525. The monoisotopic (exact) mass is 214 g/mol. The van der Waals surface area contributed by atoms with Gasteiger partial charge in [0.05, 0.1) is 0 Å². The zero-order chi connectivity index (χ0) is 11.7. The summed E-state index contributed by atoms with van der Waals surface area (Å²) in [6.07, 6.45) is 0. The minimum Gasteiger partial charge on any atom is -0.400 e. The van der Waals surface area contributed by atoms with E-state index in [4.69, 9.17) is 10.2 Å². The quantitative estimate of drug-likeness (QED) is 0.390. The summed E-state index contributed by atoms with van der Waals surface area (Å²) < 4.78 is 47.9. The van der Waals surface area contributed by atoms with Gasteiger partial charge in [-0.2, -0.15) is 0 Å². The molecule has 2 N–H and O–H groups in total. The zero-order valence-corrected chi connectivity index (χ0v) is 7.56. The predicted octanol–water partition coefficient (Wildman–Crippen LogP) is 1.46. The number of hydrogen-bond donors (Lipinski definition) is 2.